The van der Waals surface area contributed by atoms with Gasteiger partial charge in [-0.15, -0.1) is 0 Å². The number of hydrogen-bond donors (Lipinski definition) is 1. The smallest absolute Gasteiger partial charge is 0.317 e. The van der Waals surface area contributed by atoms with Gasteiger partial charge in [0.25, 0.3) is 0 Å². The highest BCUT2D eigenvalue weighted by Crippen LogP contribution is 2.28. The van der Waals surface area contributed by atoms with Gasteiger partial charge in [-0.1, -0.05) is 18.2 Å². The highest BCUT2D eigenvalue weighted by atomic mass is 16.2. The number of urea groups is 1. The molecule has 3 fully saturated rings. The summed E-state index contributed by atoms with van der Waals surface area (Å²) in [4.78, 5) is 19.6. The molecule has 2 bridgehead atoms. The first-order valence-electron chi connectivity index (χ1n) is 9.75. The number of fused-ring (bicyclic) bond motifs is 2. The molecule has 0 aliphatic carbocycles. The molecule has 3 saturated heterocycles. The second-order valence-electron chi connectivity index (χ2n) is 7.91. The third kappa shape index (κ3) is 3.61. The van der Waals surface area contributed by atoms with Gasteiger partial charge in [-0.25, -0.2) is 4.79 Å². The Hall–Kier alpha value is -1.75. The van der Waals surface area contributed by atoms with E-state index in [1.165, 1.54) is 18.5 Å². The minimum atomic E-state index is 0.138. The fourth-order valence-corrected chi connectivity index (χ4v) is 4.71. The Labute approximate surface area is 151 Å². The molecule has 0 saturated carbocycles. The molecule has 2 amide bonds. The molecule has 136 valence electrons. The summed E-state index contributed by atoms with van der Waals surface area (Å²) in [7, 11) is 2.22. The standard InChI is InChI=1S/C20H30N4O/c1-22-17-7-8-19(22)15-24(12-10-17)20(25)21-13-16-9-11-23(14-16)18-5-3-2-4-6-18/h2-6,16-17,19H,7-15H2,1H3,(H,21,25). The zero-order chi connectivity index (χ0) is 17.2. The maximum absolute atomic E-state index is 12.6. The molecule has 5 heteroatoms. The molecular formula is C20H30N4O. The average molecular weight is 342 g/mol. The molecule has 3 heterocycles. The van der Waals surface area contributed by atoms with Crippen molar-refractivity contribution in [3.63, 3.8) is 0 Å². The van der Waals surface area contributed by atoms with Crippen LogP contribution in [0.15, 0.2) is 30.3 Å². The molecule has 1 aromatic carbocycles. The number of anilines is 1. The Morgan fingerprint density at radius 2 is 1.84 bits per heavy atom. The van der Waals surface area contributed by atoms with Crippen LogP contribution >= 0.6 is 0 Å². The predicted octanol–water partition coefficient (Wildman–Crippen LogP) is 2.39. The number of carbonyl (C=O) groups is 1. The van der Waals surface area contributed by atoms with Crippen molar-refractivity contribution in [3.8, 4) is 0 Å². The molecule has 1 aromatic rings. The molecule has 3 atom stereocenters. The highest BCUT2D eigenvalue weighted by Gasteiger charge is 2.36. The number of para-hydroxylation sites is 1. The molecule has 25 heavy (non-hydrogen) atoms. The number of rotatable bonds is 3. The minimum absolute atomic E-state index is 0.138. The molecule has 0 radical (unpaired) electrons. The Kier molecular flexibility index (Phi) is 4.84. The fraction of sp³-hybridized carbons (Fsp3) is 0.650. The Morgan fingerprint density at radius 3 is 2.68 bits per heavy atom. The lowest BCUT2D eigenvalue weighted by atomic mass is 10.1. The Morgan fingerprint density at radius 1 is 1.04 bits per heavy atom. The Bertz CT molecular complexity index is 593. The lowest BCUT2D eigenvalue weighted by Gasteiger charge is -2.26. The molecule has 1 N–H and O–H groups in total. The van der Waals surface area contributed by atoms with Crippen molar-refractivity contribution in [2.24, 2.45) is 5.92 Å². The summed E-state index contributed by atoms with van der Waals surface area (Å²) in [6.07, 6.45) is 4.81. The number of hydrogen-bond acceptors (Lipinski definition) is 3. The van der Waals surface area contributed by atoms with Gasteiger partial charge in [0, 0.05) is 50.5 Å². The highest BCUT2D eigenvalue weighted by molar-refractivity contribution is 5.74. The summed E-state index contributed by atoms with van der Waals surface area (Å²) >= 11 is 0. The van der Waals surface area contributed by atoms with E-state index in [9.17, 15) is 4.79 Å². The SMILES string of the molecule is CN1C2CCC1CN(C(=O)NCC1CCN(c3ccccc3)C1)CC2. The van der Waals surface area contributed by atoms with E-state index in [0.29, 0.717) is 18.0 Å². The zero-order valence-corrected chi connectivity index (χ0v) is 15.2. The average Bonchev–Trinajstić information content (AvgIpc) is 3.18. The van der Waals surface area contributed by atoms with Crippen LogP contribution < -0.4 is 10.2 Å². The molecular weight excluding hydrogens is 312 g/mol. The van der Waals surface area contributed by atoms with E-state index in [1.807, 2.05) is 4.90 Å². The monoisotopic (exact) mass is 342 g/mol. The van der Waals surface area contributed by atoms with Gasteiger partial charge in [0.05, 0.1) is 0 Å². The van der Waals surface area contributed by atoms with Gasteiger partial charge in [0.1, 0.15) is 0 Å². The summed E-state index contributed by atoms with van der Waals surface area (Å²) in [5.41, 5.74) is 1.29. The van der Waals surface area contributed by atoms with Gasteiger partial charge >= 0.3 is 6.03 Å². The third-order valence-corrected chi connectivity index (χ3v) is 6.38. The van der Waals surface area contributed by atoms with Crippen molar-refractivity contribution in [2.75, 3.05) is 44.7 Å². The first kappa shape index (κ1) is 16.7. The van der Waals surface area contributed by atoms with E-state index in [4.69, 9.17) is 0 Å². The molecule has 5 nitrogen and oxygen atoms in total. The first-order valence-corrected chi connectivity index (χ1v) is 9.75. The molecule has 3 aliphatic heterocycles. The van der Waals surface area contributed by atoms with Crippen LogP contribution in [-0.4, -0.2) is 67.7 Å². The summed E-state index contributed by atoms with van der Waals surface area (Å²) < 4.78 is 0. The summed E-state index contributed by atoms with van der Waals surface area (Å²) in [5.74, 6) is 0.551. The van der Waals surface area contributed by atoms with Crippen LogP contribution in [0.4, 0.5) is 10.5 Å². The number of nitrogens with one attached hydrogen (secondary N) is 1. The molecule has 4 rings (SSSR count). The van der Waals surface area contributed by atoms with Crippen molar-refractivity contribution in [3.05, 3.63) is 30.3 Å². The van der Waals surface area contributed by atoms with Crippen molar-refractivity contribution >= 4 is 11.7 Å². The van der Waals surface area contributed by atoms with Gasteiger partial charge in [0.15, 0.2) is 0 Å². The summed E-state index contributed by atoms with van der Waals surface area (Å²) in [6, 6.07) is 12.0. The maximum atomic E-state index is 12.6. The van der Waals surface area contributed by atoms with E-state index in [1.54, 1.807) is 0 Å². The van der Waals surface area contributed by atoms with Crippen LogP contribution in [0.5, 0.6) is 0 Å². The second-order valence-corrected chi connectivity index (χ2v) is 7.91. The van der Waals surface area contributed by atoms with E-state index in [2.05, 4.69) is 52.5 Å². The number of likely N-dealkylation sites (tertiary alicyclic amines) is 1. The summed E-state index contributed by atoms with van der Waals surface area (Å²) in [5, 5.41) is 3.21. The molecule has 3 aliphatic rings. The normalized spacial score (nSPS) is 29.7. The van der Waals surface area contributed by atoms with Crippen molar-refractivity contribution in [2.45, 2.75) is 37.8 Å². The van der Waals surface area contributed by atoms with Crippen molar-refractivity contribution < 1.29 is 4.79 Å². The Balaban J connectivity index is 1.25. The van der Waals surface area contributed by atoms with Gasteiger partial charge in [-0.2, -0.15) is 0 Å². The lowest BCUT2D eigenvalue weighted by Crippen LogP contribution is -2.46. The van der Waals surface area contributed by atoms with Gasteiger partial charge in [-0.05, 0) is 50.8 Å². The predicted molar refractivity (Wildman–Crippen MR) is 101 cm³/mol. The molecule has 3 unspecified atom stereocenters. The number of likely N-dealkylation sites (N-methyl/N-ethyl adjacent to an activating group) is 1. The quantitative estimate of drug-likeness (QED) is 0.917. The van der Waals surface area contributed by atoms with E-state index >= 15 is 0 Å². The fourth-order valence-electron chi connectivity index (χ4n) is 4.71. The largest absolute Gasteiger partial charge is 0.371 e. The second kappa shape index (κ2) is 7.24. The van der Waals surface area contributed by atoms with Crippen molar-refractivity contribution in [1.29, 1.82) is 0 Å². The van der Waals surface area contributed by atoms with Gasteiger partial charge < -0.3 is 15.1 Å². The first-order chi connectivity index (χ1) is 12.2. The molecule has 0 spiro atoms. The van der Waals surface area contributed by atoms with Crippen LogP contribution in [0.3, 0.4) is 0 Å². The zero-order valence-electron chi connectivity index (χ0n) is 15.2. The van der Waals surface area contributed by atoms with E-state index < -0.39 is 0 Å². The minimum Gasteiger partial charge on any atom is -0.371 e. The van der Waals surface area contributed by atoms with E-state index in [0.717, 1.165) is 45.6 Å². The number of amides is 2. The van der Waals surface area contributed by atoms with Crippen LogP contribution in [0.25, 0.3) is 0 Å². The van der Waals surface area contributed by atoms with Crippen LogP contribution in [0.1, 0.15) is 25.7 Å². The number of carbonyl (C=O) groups excluding carboxylic acids is 1. The topological polar surface area (TPSA) is 38.8 Å². The summed E-state index contributed by atoms with van der Waals surface area (Å²) in [6.45, 7) is 4.71. The third-order valence-electron chi connectivity index (χ3n) is 6.38. The van der Waals surface area contributed by atoms with Crippen LogP contribution in [0.2, 0.25) is 0 Å². The van der Waals surface area contributed by atoms with Crippen molar-refractivity contribution in [1.82, 2.24) is 15.1 Å². The van der Waals surface area contributed by atoms with Crippen LogP contribution in [0, 0.1) is 5.92 Å². The number of benzene rings is 1. The van der Waals surface area contributed by atoms with Gasteiger partial charge in [-0.3, -0.25) is 4.90 Å². The maximum Gasteiger partial charge on any atom is 0.317 e. The van der Waals surface area contributed by atoms with Crippen LogP contribution in [-0.2, 0) is 0 Å². The van der Waals surface area contributed by atoms with E-state index in [-0.39, 0.29) is 6.03 Å². The molecule has 0 aromatic heterocycles. The number of nitrogens with zero attached hydrogens (tertiary/aromatic N) is 3. The van der Waals surface area contributed by atoms with Gasteiger partial charge in [0.2, 0.25) is 0 Å². The lowest BCUT2D eigenvalue weighted by molar-refractivity contribution is 0.187.